The van der Waals surface area contributed by atoms with Gasteiger partial charge >= 0.3 is 0 Å². The summed E-state index contributed by atoms with van der Waals surface area (Å²) in [7, 11) is 7.61. The maximum absolute atomic E-state index is 5.80. The normalized spacial score (nSPS) is 22.7. The second kappa shape index (κ2) is 4.19. The minimum Gasteiger partial charge on any atom is -0.462 e. The lowest BCUT2D eigenvalue weighted by molar-refractivity contribution is 0.225. The van der Waals surface area contributed by atoms with Crippen molar-refractivity contribution < 1.29 is 9.15 Å². The van der Waals surface area contributed by atoms with Gasteiger partial charge in [-0.15, -0.1) is 0 Å². The summed E-state index contributed by atoms with van der Waals surface area (Å²) in [6, 6.07) is 1.22. The Morgan fingerprint density at radius 3 is 2.28 bits per heavy atom. The second-order valence-electron chi connectivity index (χ2n) is 5.16. The van der Waals surface area contributed by atoms with E-state index in [-0.39, 0.29) is 0 Å². The third-order valence-corrected chi connectivity index (χ3v) is 2.86. The van der Waals surface area contributed by atoms with Crippen LogP contribution in [0.4, 0.5) is 6.01 Å². The molecule has 0 saturated heterocycles. The lowest BCUT2D eigenvalue weighted by atomic mass is 10.0. The molecular weight excluding hydrogens is 232 g/mol. The van der Waals surface area contributed by atoms with E-state index in [0.717, 1.165) is 11.5 Å². The monoisotopic (exact) mass is 252 g/mol. The van der Waals surface area contributed by atoms with Crippen LogP contribution in [0.1, 0.15) is 18.4 Å². The Morgan fingerprint density at radius 2 is 1.83 bits per heavy atom. The molecule has 0 N–H and O–H groups in total. The highest BCUT2D eigenvalue weighted by Crippen LogP contribution is 2.34. The number of amidine groups is 1. The number of ether oxygens (including phenoxy) is 1. The molecule has 6 heteroatoms. The Labute approximate surface area is 107 Å². The van der Waals surface area contributed by atoms with Crippen molar-refractivity contribution in [1.82, 2.24) is 9.88 Å². The molecule has 0 aromatic carbocycles. The molecule has 0 spiro atoms. The molecule has 0 saturated carbocycles. The van der Waals surface area contributed by atoms with Crippen LogP contribution in [-0.2, 0) is 10.3 Å². The van der Waals surface area contributed by atoms with Gasteiger partial charge in [0.2, 0.25) is 0 Å². The van der Waals surface area contributed by atoms with Gasteiger partial charge in [0.1, 0.15) is 6.61 Å². The summed E-state index contributed by atoms with van der Waals surface area (Å²) in [4.78, 5) is 12.7. The Balaban J connectivity index is 2.37. The molecule has 100 valence electrons. The van der Waals surface area contributed by atoms with Crippen LogP contribution in [-0.4, -0.2) is 50.7 Å². The van der Waals surface area contributed by atoms with Crippen molar-refractivity contribution >= 4 is 12.0 Å². The van der Waals surface area contributed by atoms with Crippen LogP contribution in [0.5, 0.6) is 0 Å². The van der Waals surface area contributed by atoms with Gasteiger partial charge in [-0.3, -0.25) is 0 Å². The van der Waals surface area contributed by atoms with Gasteiger partial charge in [-0.05, 0) is 13.8 Å². The first kappa shape index (κ1) is 12.7. The lowest BCUT2D eigenvalue weighted by Crippen LogP contribution is -2.21. The van der Waals surface area contributed by atoms with Crippen LogP contribution >= 0.6 is 0 Å². The molecule has 1 unspecified atom stereocenters. The number of rotatable bonds is 2. The molecule has 1 aliphatic rings. The van der Waals surface area contributed by atoms with Crippen molar-refractivity contribution in [3.05, 3.63) is 11.5 Å². The smallest absolute Gasteiger partial charge is 0.297 e. The molecule has 1 aromatic heterocycles. The molecule has 0 bridgehead atoms. The van der Waals surface area contributed by atoms with Crippen LogP contribution < -0.4 is 4.90 Å². The van der Waals surface area contributed by atoms with E-state index < -0.39 is 5.54 Å². The highest BCUT2D eigenvalue weighted by Gasteiger charge is 2.39. The highest BCUT2D eigenvalue weighted by molar-refractivity contribution is 5.75. The van der Waals surface area contributed by atoms with Crippen LogP contribution in [0.15, 0.2) is 9.41 Å². The standard InChI is InChI=1S/C12H20N4O2/c1-8-9(18-10(13-8)15(3)4)12(2)7-17-11(14-12)16(5)6/h7H2,1-6H3. The average molecular weight is 252 g/mol. The Morgan fingerprint density at radius 1 is 1.17 bits per heavy atom. The SMILES string of the molecule is Cc1nc(N(C)C)oc1C1(C)COC(N(C)C)=N1. The molecule has 2 rings (SSSR count). The highest BCUT2D eigenvalue weighted by atomic mass is 16.5. The van der Waals surface area contributed by atoms with Gasteiger partial charge < -0.3 is 19.0 Å². The largest absolute Gasteiger partial charge is 0.462 e. The number of aryl methyl sites for hydroxylation is 1. The first-order chi connectivity index (χ1) is 8.33. The molecule has 1 aliphatic heterocycles. The van der Waals surface area contributed by atoms with E-state index in [9.17, 15) is 0 Å². The average Bonchev–Trinajstić information content (AvgIpc) is 2.83. The number of nitrogens with zero attached hydrogens (tertiary/aromatic N) is 4. The van der Waals surface area contributed by atoms with Gasteiger partial charge in [-0.2, -0.15) is 4.98 Å². The first-order valence-corrected chi connectivity index (χ1v) is 5.89. The second-order valence-corrected chi connectivity index (χ2v) is 5.16. The van der Waals surface area contributed by atoms with Gasteiger partial charge in [0.25, 0.3) is 12.0 Å². The Hall–Kier alpha value is -1.72. The zero-order valence-corrected chi connectivity index (χ0v) is 11.8. The van der Waals surface area contributed by atoms with E-state index >= 15 is 0 Å². The summed E-state index contributed by atoms with van der Waals surface area (Å²) in [5.74, 6) is 0.767. The van der Waals surface area contributed by atoms with Crippen molar-refractivity contribution in [2.75, 3.05) is 39.7 Å². The van der Waals surface area contributed by atoms with Crippen molar-refractivity contribution in [2.45, 2.75) is 19.4 Å². The van der Waals surface area contributed by atoms with E-state index in [4.69, 9.17) is 9.15 Å². The Kier molecular flexibility index (Phi) is 2.96. The summed E-state index contributed by atoms with van der Waals surface area (Å²) in [5, 5.41) is 0. The zero-order chi connectivity index (χ0) is 13.5. The summed E-state index contributed by atoms with van der Waals surface area (Å²) in [6.45, 7) is 4.40. The van der Waals surface area contributed by atoms with E-state index in [1.54, 1.807) is 0 Å². The molecule has 1 atom stereocenters. The van der Waals surface area contributed by atoms with Gasteiger partial charge in [-0.1, -0.05) is 0 Å². The van der Waals surface area contributed by atoms with E-state index in [1.807, 2.05) is 51.8 Å². The minimum absolute atomic E-state index is 0.476. The van der Waals surface area contributed by atoms with Crippen LogP contribution in [0.3, 0.4) is 0 Å². The van der Waals surface area contributed by atoms with Gasteiger partial charge in [0.15, 0.2) is 11.3 Å². The predicted octanol–water partition coefficient (Wildman–Crippen LogP) is 1.21. The fourth-order valence-corrected chi connectivity index (χ4v) is 1.90. The lowest BCUT2D eigenvalue weighted by Gasteiger charge is -2.15. The number of aromatic nitrogens is 1. The molecule has 18 heavy (non-hydrogen) atoms. The number of hydrogen-bond donors (Lipinski definition) is 0. The molecule has 0 fully saturated rings. The molecule has 0 aliphatic carbocycles. The predicted molar refractivity (Wildman–Crippen MR) is 70.0 cm³/mol. The quantitative estimate of drug-likeness (QED) is 0.792. The topological polar surface area (TPSA) is 54.1 Å². The minimum atomic E-state index is -0.495. The number of aliphatic imine (C=N–C) groups is 1. The van der Waals surface area contributed by atoms with E-state index in [2.05, 4.69) is 9.98 Å². The first-order valence-electron chi connectivity index (χ1n) is 5.89. The Bertz CT molecular complexity index is 478. The van der Waals surface area contributed by atoms with Crippen molar-refractivity contribution in [3.63, 3.8) is 0 Å². The third-order valence-electron chi connectivity index (χ3n) is 2.86. The molecule has 0 amide bonds. The summed E-state index contributed by atoms with van der Waals surface area (Å²) in [6.07, 6.45) is 0. The molecule has 0 radical (unpaired) electrons. The molecule has 1 aromatic rings. The fourth-order valence-electron chi connectivity index (χ4n) is 1.90. The van der Waals surface area contributed by atoms with Gasteiger partial charge in [-0.25, -0.2) is 4.99 Å². The number of oxazole rings is 1. The fraction of sp³-hybridized carbons (Fsp3) is 0.667. The van der Waals surface area contributed by atoms with Gasteiger partial charge in [0, 0.05) is 28.2 Å². The third kappa shape index (κ3) is 2.02. The van der Waals surface area contributed by atoms with Gasteiger partial charge in [0.05, 0.1) is 5.69 Å². The summed E-state index contributed by atoms with van der Waals surface area (Å²) in [5.41, 5.74) is 0.360. The van der Waals surface area contributed by atoms with Crippen molar-refractivity contribution in [2.24, 2.45) is 4.99 Å². The van der Waals surface area contributed by atoms with Crippen LogP contribution in [0.2, 0.25) is 0 Å². The number of anilines is 1. The van der Waals surface area contributed by atoms with Crippen LogP contribution in [0.25, 0.3) is 0 Å². The molecule has 6 nitrogen and oxygen atoms in total. The molecular formula is C12H20N4O2. The maximum Gasteiger partial charge on any atom is 0.297 e. The van der Waals surface area contributed by atoms with E-state index in [0.29, 0.717) is 18.6 Å². The zero-order valence-electron chi connectivity index (χ0n) is 11.8. The summed E-state index contributed by atoms with van der Waals surface area (Å²) >= 11 is 0. The molecule has 2 heterocycles. The summed E-state index contributed by atoms with van der Waals surface area (Å²) < 4.78 is 11.4. The van der Waals surface area contributed by atoms with Crippen molar-refractivity contribution in [3.8, 4) is 0 Å². The maximum atomic E-state index is 5.80. The van der Waals surface area contributed by atoms with Crippen LogP contribution in [0, 0.1) is 6.92 Å². The van der Waals surface area contributed by atoms with E-state index in [1.165, 1.54) is 0 Å². The van der Waals surface area contributed by atoms with Crippen molar-refractivity contribution in [1.29, 1.82) is 0 Å². The number of hydrogen-bond acceptors (Lipinski definition) is 6.